The Labute approximate surface area is 175 Å². The van der Waals surface area contributed by atoms with E-state index in [0.29, 0.717) is 23.4 Å². The van der Waals surface area contributed by atoms with Gasteiger partial charge < -0.3 is 10.8 Å². The second kappa shape index (κ2) is 9.47. The highest BCUT2D eigenvalue weighted by atomic mass is 35.5. The fraction of sp³-hybridized carbons (Fsp3) is 0.524. The number of nitrogens with zero attached hydrogens (tertiary/aromatic N) is 2. The summed E-state index contributed by atoms with van der Waals surface area (Å²) in [6.07, 6.45) is 12.5. The Kier molecular flexibility index (Phi) is 7.50. The molecule has 1 saturated carbocycles. The summed E-state index contributed by atoms with van der Waals surface area (Å²) in [5.41, 5.74) is 5.98. The number of benzene rings is 1. The van der Waals surface area contributed by atoms with E-state index in [1.165, 1.54) is 0 Å². The number of rotatable bonds is 4. The van der Waals surface area contributed by atoms with E-state index < -0.39 is 23.6 Å². The minimum absolute atomic E-state index is 0.00885. The molecule has 6 nitrogen and oxygen atoms in total. The predicted octanol–water partition coefficient (Wildman–Crippen LogP) is 4.74. The lowest BCUT2D eigenvalue weighted by Crippen LogP contribution is -2.41. The fourth-order valence-electron chi connectivity index (χ4n) is 4.28. The average Bonchev–Trinajstić information content (AvgIpc) is 3.01. The molecule has 1 heterocycles. The molecule has 1 aliphatic rings. The fourth-order valence-corrected chi connectivity index (χ4v) is 4.52. The van der Waals surface area contributed by atoms with E-state index in [2.05, 4.69) is 23.0 Å². The van der Waals surface area contributed by atoms with Gasteiger partial charge in [0.2, 0.25) is 0 Å². The number of aliphatic hydroxyl groups excluding tert-OH is 1. The van der Waals surface area contributed by atoms with Crippen LogP contribution in [0.4, 0.5) is 9.28 Å². The number of amides is 2. The first-order chi connectivity index (χ1) is 13.7. The smallest absolute Gasteiger partial charge is 0.343 e. The Hall–Kier alpha value is -2.30. The number of terminal acetylenes is 1. The van der Waals surface area contributed by atoms with Crippen molar-refractivity contribution in [3.8, 4) is 12.8 Å². The molecule has 1 fully saturated rings. The molecule has 0 spiro atoms. The number of aromatic nitrogens is 2. The van der Waals surface area contributed by atoms with E-state index in [4.69, 9.17) is 17.3 Å². The topological polar surface area (TPSA) is 95.2 Å². The van der Waals surface area contributed by atoms with E-state index >= 15 is 0 Å². The predicted molar refractivity (Wildman–Crippen MR) is 113 cm³/mol. The molecule has 3 rings (SSSR count). The van der Waals surface area contributed by atoms with Crippen molar-refractivity contribution >= 4 is 28.5 Å². The lowest BCUT2D eigenvalue weighted by atomic mass is 9.68. The molecule has 29 heavy (non-hydrogen) atoms. The zero-order valence-electron chi connectivity index (χ0n) is 16.7. The summed E-state index contributed by atoms with van der Waals surface area (Å²) in [5.74, 6) is 0.00885. The second-order valence-corrected chi connectivity index (χ2v) is 8.51. The largest absolute Gasteiger partial charge is 0.388 e. The Balaban J connectivity index is 0.00000145. The highest BCUT2D eigenvalue weighted by molar-refractivity contribution is 6.31. The van der Waals surface area contributed by atoms with E-state index in [1.807, 2.05) is 13.8 Å². The number of carbonyl (C=O) groups is 1. The van der Waals surface area contributed by atoms with Crippen LogP contribution in [0, 0.1) is 24.2 Å². The molecule has 0 bridgehead atoms. The van der Waals surface area contributed by atoms with Gasteiger partial charge in [-0.1, -0.05) is 42.8 Å². The summed E-state index contributed by atoms with van der Waals surface area (Å²) in [4.78, 5) is 11.3. The minimum atomic E-state index is -1.06. The van der Waals surface area contributed by atoms with Gasteiger partial charge >= 0.3 is 6.03 Å². The second-order valence-electron chi connectivity index (χ2n) is 8.07. The maximum absolute atomic E-state index is 14.2. The number of primary amides is 1. The van der Waals surface area contributed by atoms with Crippen LogP contribution < -0.4 is 5.73 Å². The number of nitrogens with one attached hydrogen (secondary N) is 1. The zero-order chi connectivity index (χ0) is 21.8. The lowest BCUT2D eigenvalue weighted by Gasteiger charge is -2.40. The average molecular weight is 423 g/mol. The van der Waals surface area contributed by atoms with Crippen LogP contribution in [0.25, 0.3) is 10.9 Å². The molecule has 2 amide bonds. The molecule has 4 N–H and O–H groups in total. The maximum atomic E-state index is 14.2. The number of hydrogen-bond acceptors (Lipinski definition) is 3. The molecule has 1 aromatic carbocycles. The number of halogens is 2. The van der Waals surface area contributed by atoms with Crippen LogP contribution in [0.2, 0.25) is 5.02 Å². The standard InChI is InChI=1S/C19H26ClFN4O2.C2H2/c1-19(2,12-5-3-4-6-14(8-12)25(21)18(22)27)17(26)15-9-13(20)7-11-10-23-24-16(11)15;1-2/h7,9-10,12,14,17,26H,3-6,8H2,1-2H3,(H2,22,27)(H,23,24);1-2H/t12?,14-,17?;/m1./s1. The normalized spacial score (nSPS) is 20.9. The minimum Gasteiger partial charge on any atom is -0.388 e. The Morgan fingerprint density at radius 3 is 2.72 bits per heavy atom. The van der Waals surface area contributed by atoms with E-state index in [1.54, 1.807) is 18.3 Å². The van der Waals surface area contributed by atoms with Gasteiger partial charge in [0.15, 0.2) is 0 Å². The number of urea groups is 1. The molecule has 2 unspecified atom stereocenters. The number of fused-ring (bicyclic) bond motifs is 1. The maximum Gasteiger partial charge on any atom is 0.343 e. The third-order valence-corrected chi connectivity index (χ3v) is 6.24. The molecular weight excluding hydrogens is 395 g/mol. The molecule has 1 aliphatic carbocycles. The zero-order valence-corrected chi connectivity index (χ0v) is 17.5. The summed E-state index contributed by atoms with van der Waals surface area (Å²) in [6, 6.07) is 1.91. The van der Waals surface area contributed by atoms with Crippen LogP contribution in [-0.4, -0.2) is 32.5 Å². The van der Waals surface area contributed by atoms with Gasteiger partial charge in [0.1, 0.15) is 0 Å². The first-order valence-corrected chi connectivity index (χ1v) is 9.98. The highest BCUT2D eigenvalue weighted by Crippen LogP contribution is 2.47. The monoisotopic (exact) mass is 422 g/mol. The molecule has 2 aromatic rings. The SMILES string of the molecule is C#C.CC(C)(C1CCCC[C@@H](N(F)C(N)=O)C1)C(O)c1cc(Cl)cc2cn[nH]c12. The first-order valence-electron chi connectivity index (χ1n) is 9.60. The highest BCUT2D eigenvalue weighted by Gasteiger charge is 2.41. The van der Waals surface area contributed by atoms with Crippen LogP contribution in [0.1, 0.15) is 57.6 Å². The van der Waals surface area contributed by atoms with Gasteiger partial charge in [-0.05, 0) is 42.7 Å². The van der Waals surface area contributed by atoms with Gasteiger partial charge in [0, 0.05) is 16.0 Å². The third kappa shape index (κ3) is 4.82. The Bertz CT molecular complexity index is 867. The number of H-pyrrole nitrogens is 1. The van der Waals surface area contributed by atoms with Gasteiger partial charge in [0.05, 0.1) is 23.9 Å². The summed E-state index contributed by atoms with van der Waals surface area (Å²) in [5, 5.41) is 19.7. The molecule has 158 valence electrons. The molecule has 0 radical (unpaired) electrons. The van der Waals surface area contributed by atoms with Crippen LogP contribution >= 0.6 is 11.6 Å². The summed E-state index contributed by atoms with van der Waals surface area (Å²) >= 11 is 6.23. The first kappa shape index (κ1) is 23.0. The van der Waals surface area contributed by atoms with Crippen LogP contribution in [0.5, 0.6) is 0 Å². The van der Waals surface area contributed by atoms with Crippen LogP contribution in [0.3, 0.4) is 0 Å². The van der Waals surface area contributed by atoms with Crippen molar-refractivity contribution in [3.05, 3.63) is 28.9 Å². The van der Waals surface area contributed by atoms with Crippen LogP contribution in [-0.2, 0) is 0 Å². The molecule has 3 atom stereocenters. The number of carbonyl (C=O) groups excluding carboxylic acids is 1. The molecule has 1 aromatic heterocycles. The van der Waals surface area contributed by atoms with Gasteiger partial charge in [-0.2, -0.15) is 10.2 Å². The Morgan fingerprint density at radius 2 is 2.07 bits per heavy atom. The van der Waals surface area contributed by atoms with Crippen molar-refractivity contribution in [1.82, 2.24) is 15.3 Å². The van der Waals surface area contributed by atoms with E-state index in [0.717, 1.165) is 30.2 Å². The van der Waals surface area contributed by atoms with Crippen molar-refractivity contribution in [1.29, 1.82) is 0 Å². The van der Waals surface area contributed by atoms with E-state index in [-0.39, 0.29) is 11.0 Å². The summed E-state index contributed by atoms with van der Waals surface area (Å²) in [6.45, 7) is 3.95. The van der Waals surface area contributed by atoms with Crippen molar-refractivity contribution in [2.75, 3.05) is 0 Å². The van der Waals surface area contributed by atoms with Crippen molar-refractivity contribution in [3.63, 3.8) is 0 Å². The summed E-state index contributed by atoms with van der Waals surface area (Å²) in [7, 11) is 0. The Morgan fingerprint density at radius 1 is 1.41 bits per heavy atom. The van der Waals surface area contributed by atoms with Gasteiger partial charge in [0.25, 0.3) is 0 Å². The summed E-state index contributed by atoms with van der Waals surface area (Å²) < 4.78 is 14.2. The van der Waals surface area contributed by atoms with Gasteiger partial charge in [-0.25, -0.2) is 4.79 Å². The molecule has 0 aliphatic heterocycles. The number of hydrogen-bond donors (Lipinski definition) is 3. The molecule has 8 heteroatoms. The molecular formula is C21H28ClFN4O2. The van der Waals surface area contributed by atoms with Crippen molar-refractivity contribution in [2.45, 2.75) is 58.1 Å². The van der Waals surface area contributed by atoms with Crippen molar-refractivity contribution in [2.24, 2.45) is 17.1 Å². The number of nitrogens with two attached hydrogens (primary N) is 1. The number of aromatic amines is 1. The number of aliphatic hydroxyl groups is 1. The van der Waals surface area contributed by atoms with Crippen molar-refractivity contribution < 1.29 is 14.4 Å². The molecule has 0 saturated heterocycles. The third-order valence-electron chi connectivity index (χ3n) is 6.02. The van der Waals surface area contributed by atoms with Gasteiger partial charge in [-0.3, -0.25) is 5.10 Å². The lowest BCUT2D eigenvalue weighted by molar-refractivity contribution is -0.0266. The quantitative estimate of drug-likeness (QED) is 0.377. The van der Waals surface area contributed by atoms with E-state index in [9.17, 15) is 14.4 Å². The van der Waals surface area contributed by atoms with Gasteiger partial charge in [-0.15, -0.1) is 12.8 Å². The van der Waals surface area contributed by atoms with Crippen LogP contribution in [0.15, 0.2) is 18.3 Å².